The molecule has 0 atom stereocenters. The van der Waals surface area contributed by atoms with Crippen LogP contribution in [0.5, 0.6) is 0 Å². The van der Waals surface area contributed by atoms with Crippen molar-refractivity contribution in [2.24, 2.45) is 0 Å². The maximum Gasteiger partial charge on any atom is 0.323 e. The van der Waals surface area contributed by atoms with E-state index >= 15 is 0 Å². The zero-order valence-electron chi connectivity index (χ0n) is 12.9. The van der Waals surface area contributed by atoms with Gasteiger partial charge in [-0.05, 0) is 47.9 Å². The smallest absolute Gasteiger partial charge is 0.308 e. The fourth-order valence-electron chi connectivity index (χ4n) is 2.50. The van der Waals surface area contributed by atoms with Crippen LogP contribution in [0.3, 0.4) is 0 Å². The number of aryl methyl sites for hydroxylation is 1. The summed E-state index contributed by atoms with van der Waals surface area (Å²) in [4.78, 5) is 12.0. The van der Waals surface area contributed by atoms with E-state index in [-0.39, 0.29) is 6.03 Å². The van der Waals surface area contributed by atoms with E-state index in [1.165, 1.54) is 11.1 Å². The van der Waals surface area contributed by atoms with E-state index in [1.54, 1.807) is 0 Å². The summed E-state index contributed by atoms with van der Waals surface area (Å²) >= 11 is 0. The van der Waals surface area contributed by atoms with Gasteiger partial charge in [-0.15, -0.1) is 0 Å². The largest absolute Gasteiger partial charge is 0.323 e. The van der Waals surface area contributed by atoms with Gasteiger partial charge in [0.2, 0.25) is 0 Å². The number of nitrogens with one attached hydrogen (secondary N) is 2. The number of carbonyl (C=O) groups excluding carboxylic acids is 1. The molecule has 23 heavy (non-hydrogen) atoms. The second kappa shape index (κ2) is 6.79. The van der Waals surface area contributed by atoms with Gasteiger partial charge in [0.25, 0.3) is 0 Å². The molecule has 0 aliphatic rings. The maximum atomic E-state index is 12.0. The van der Waals surface area contributed by atoms with Gasteiger partial charge in [-0.3, -0.25) is 0 Å². The molecule has 0 aliphatic carbocycles. The van der Waals surface area contributed by atoms with Crippen LogP contribution in [0, 0.1) is 6.92 Å². The Bertz CT molecular complexity index is 798. The van der Waals surface area contributed by atoms with Gasteiger partial charge in [0.15, 0.2) is 0 Å². The van der Waals surface area contributed by atoms with Crippen molar-refractivity contribution in [3.8, 4) is 11.1 Å². The Morgan fingerprint density at radius 3 is 2.00 bits per heavy atom. The van der Waals surface area contributed by atoms with Gasteiger partial charge in [0.05, 0.1) is 0 Å². The molecule has 3 nitrogen and oxygen atoms in total. The van der Waals surface area contributed by atoms with Crippen LogP contribution in [-0.4, -0.2) is 6.03 Å². The highest BCUT2D eigenvalue weighted by molar-refractivity contribution is 5.99. The van der Waals surface area contributed by atoms with Gasteiger partial charge in [-0.1, -0.05) is 54.6 Å². The lowest BCUT2D eigenvalue weighted by Crippen LogP contribution is -2.19. The number of para-hydroxylation sites is 1. The summed E-state index contributed by atoms with van der Waals surface area (Å²) in [6.07, 6.45) is 0. The fraction of sp³-hybridized carbons (Fsp3) is 0.0500. The molecule has 3 rings (SSSR count). The molecule has 3 aromatic rings. The molecule has 2 N–H and O–H groups in total. The quantitative estimate of drug-likeness (QED) is 0.676. The van der Waals surface area contributed by atoms with Crippen LogP contribution in [0.2, 0.25) is 0 Å². The number of benzene rings is 3. The summed E-state index contributed by atoms with van der Waals surface area (Å²) in [6.45, 7) is 2.04. The highest BCUT2D eigenvalue weighted by Crippen LogP contribution is 2.25. The molecule has 3 heteroatoms. The maximum absolute atomic E-state index is 12.0. The summed E-state index contributed by atoms with van der Waals surface area (Å²) in [5.41, 5.74) is 5.00. The summed E-state index contributed by atoms with van der Waals surface area (Å²) in [5, 5.41) is 5.67. The van der Waals surface area contributed by atoms with Crippen LogP contribution in [0.25, 0.3) is 11.1 Å². The van der Waals surface area contributed by atoms with Crippen molar-refractivity contribution in [2.45, 2.75) is 6.92 Å². The third-order valence-electron chi connectivity index (χ3n) is 3.60. The molecule has 3 aromatic carbocycles. The zero-order chi connectivity index (χ0) is 16.1. The molecular weight excluding hydrogens is 284 g/mol. The molecule has 114 valence electrons. The minimum atomic E-state index is -0.247. The molecule has 0 saturated carbocycles. The molecule has 0 aliphatic heterocycles. The molecule has 0 aromatic heterocycles. The molecule has 0 bridgehead atoms. The SMILES string of the molecule is Cc1cc(NC(=O)Nc2ccccc2)ccc1-c1ccccc1. The molecule has 0 heterocycles. The van der Waals surface area contributed by atoms with Crippen LogP contribution >= 0.6 is 0 Å². The molecule has 2 amide bonds. The molecular formula is C20H18N2O. The summed E-state index contributed by atoms with van der Waals surface area (Å²) in [7, 11) is 0. The van der Waals surface area contributed by atoms with Crippen LogP contribution in [0.1, 0.15) is 5.56 Å². The number of hydrogen-bond donors (Lipinski definition) is 2. The van der Waals surface area contributed by atoms with E-state index in [9.17, 15) is 4.79 Å². The average Bonchev–Trinajstić information content (AvgIpc) is 2.56. The van der Waals surface area contributed by atoms with Crippen molar-refractivity contribution >= 4 is 17.4 Å². The van der Waals surface area contributed by atoms with Gasteiger partial charge < -0.3 is 10.6 Å². The van der Waals surface area contributed by atoms with Crippen molar-refractivity contribution in [3.05, 3.63) is 84.4 Å². The molecule has 0 radical (unpaired) electrons. The first kappa shape index (κ1) is 14.9. The first-order valence-electron chi connectivity index (χ1n) is 7.51. The van der Waals surface area contributed by atoms with E-state index in [2.05, 4.69) is 22.8 Å². The third-order valence-corrected chi connectivity index (χ3v) is 3.60. The Balaban J connectivity index is 1.72. The van der Waals surface area contributed by atoms with Crippen molar-refractivity contribution < 1.29 is 4.79 Å². The Morgan fingerprint density at radius 2 is 1.35 bits per heavy atom. The zero-order valence-corrected chi connectivity index (χ0v) is 12.9. The lowest BCUT2D eigenvalue weighted by atomic mass is 10.0. The van der Waals surface area contributed by atoms with Crippen molar-refractivity contribution in [2.75, 3.05) is 10.6 Å². The van der Waals surface area contributed by atoms with Crippen molar-refractivity contribution in [3.63, 3.8) is 0 Å². The van der Waals surface area contributed by atoms with Gasteiger partial charge in [-0.2, -0.15) is 0 Å². The predicted molar refractivity (Wildman–Crippen MR) is 95.7 cm³/mol. The number of carbonyl (C=O) groups is 1. The number of anilines is 2. The lowest BCUT2D eigenvalue weighted by molar-refractivity contribution is 0.262. The Hall–Kier alpha value is -3.07. The van der Waals surface area contributed by atoms with E-state index in [0.29, 0.717) is 0 Å². The summed E-state index contributed by atoms with van der Waals surface area (Å²) in [6, 6.07) is 25.3. The van der Waals surface area contributed by atoms with E-state index in [1.807, 2.05) is 73.7 Å². The highest BCUT2D eigenvalue weighted by Gasteiger charge is 2.06. The fourth-order valence-corrected chi connectivity index (χ4v) is 2.50. The Labute approximate surface area is 136 Å². The number of rotatable bonds is 3. The van der Waals surface area contributed by atoms with Crippen molar-refractivity contribution in [1.82, 2.24) is 0 Å². The number of hydrogen-bond acceptors (Lipinski definition) is 1. The Morgan fingerprint density at radius 1 is 0.739 bits per heavy atom. The van der Waals surface area contributed by atoms with Gasteiger partial charge in [0, 0.05) is 11.4 Å². The standard InChI is InChI=1S/C20H18N2O/c1-15-14-18(12-13-19(15)16-8-4-2-5-9-16)22-20(23)21-17-10-6-3-7-11-17/h2-14H,1H3,(H2,21,22,23). The van der Waals surface area contributed by atoms with Crippen LogP contribution < -0.4 is 10.6 Å². The predicted octanol–water partition coefficient (Wildman–Crippen LogP) is 5.31. The second-order valence-corrected chi connectivity index (χ2v) is 5.34. The molecule has 0 unspecified atom stereocenters. The highest BCUT2D eigenvalue weighted by atomic mass is 16.2. The summed E-state index contributed by atoms with van der Waals surface area (Å²) < 4.78 is 0. The van der Waals surface area contributed by atoms with Crippen molar-refractivity contribution in [1.29, 1.82) is 0 Å². The lowest BCUT2D eigenvalue weighted by Gasteiger charge is -2.11. The second-order valence-electron chi connectivity index (χ2n) is 5.34. The van der Waals surface area contributed by atoms with Crippen LogP contribution in [0.15, 0.2) is 78.9 Å². The Kier molecular flexibility index (Phi) is 4.39. The number of urea groups is 1. The minimum Gasteiger partial charge on any atom is -0.308 e. The van der Waals surface area contributed by atoms with Gasteiger partial charge in [-0.25, -0.2) is 4.79 Å². The number of amides is 2. The monoisotopic (exact) mass is 302 g/mol. The van der Waals surface area contributed by atoms with Gasteiger partial charge >= 0.3 is 6.03 Å². The van der Waals surface area contributed by atoms with Gasteiger partial charge in [0.1, 0.15) is 0 Å². The third kappa shape index (κ3) is 3.77. The van der Waals surface area contributed by atoms with Crippen LogP contribution in [-0.2, 0) is 0 Å². The first-order chi connectivity index (χ1) is 11.2. The minimum absolute atomic E-state index is 0.247. The van der Waals surface area contributed by atoms with E-state index < -0.39 is 0 Å². The van der Waals surface area contributed by atoms with E-state index in [0.717, 1.165) is 16.9 Å². The normalized spacial score (nSPS) is 10.1. The van der Waals surface area contributed by atoms with E-state index in [4.69, 9.17) is 0 Å². The average molecular weight is 302 g/mol. The molecule has 0 saturated heterocycles. The van der Waals surface area contributed by atoms with Crippen LogP contribution in [0.4, 0.5) is 16.2 Å². The topological polar surface area (TPSA) is 41.1 Å². The molecule has 0 spiro atoms. The molecule has 0 fully saturated rings. The summed E-state index contributed by atoms with van der Waals surface area (Å²) in [5.74, 6) is 0. The first-order valence-corrected chi connectivity index (χ1v) is 7.51.